The van der Waals surface area contributed by atoms with Crippen LogP contribution in [0.25, 0.3) is 0 Å². The molecule has 5 nitrogen and oxygen atoms in total. The Morgan fingerprint density at radius 3 is 2.65 bits per heavy atom. The van der Waals surface area contributed by atoms with Crippen molar-refractivity contribution in [2.24, 2.45) is 4.99 Å². The van der Waals surface area contributed by atoms with Crippen molar-refractivity contribution in [3.05, 3.63) is 65.2 Å². The van der Waals surface area contributed by atoms with Crippen molar-refractivity contribution < 1.29 is 9.59 Å². The first-order valence-electron chi connectivity index (χ1n) is 8.45. The number of benzene rings is 2. The summed E-state index contributed by atoms with van der Waals surface area (Å²) in [4.78, 5) is 28.7. The Hall–Kier alpha value is -2.60. The van der Waals surface area contributed by atoms with Gasteiger partial charge in [-0.1, -0.05) is 48.2 Å². The van der Waals surface area contributed by atoms with E-state index in [4.69, 9.17) is 0 Å². The van der Waals surface area contributed by atoms with E-state index >= 15 is 0 Å². The Morgan fingerprint density at radius 1 is 1.15 bits per heavy atom. The zero-order chi connectivity index (χ0) is 18.5. The van der Waals surface area contributed by atoms with Crippen LogP contribution in [0.4, 0.5) is 5.69 Å². The van der Waals surface area contributed by atoms with E-state index in [1.165, 1.54) is 17.3 Å². The van der Waals surface area contributed by atoms with Gasteiger partial charge < -0.3 is 10.6 Å². The van der Waals surface area contributed by atoms with Crippen LogP contribution in [0.5, 0.6) is 0 Å². The summed E-state index contributed by atoms with van der Waals surface area (Å²) in [7, 11) is 0. The molecule has 1 atom stereocenters. The lowest BCUT2D eigenvalue weighted by Gasteiger charge is -2.07. The van der Waals surface area contributed by atoms with Gasteiger partial charge in [0.25, 0.3) is 0 Å². The highest BCUT2D eigenvalue weighted by Gasteiger charge is 2.32. The summed E-state index contributed by atoms with van der Waals surface area (Å²) in [5.41, 5.74) is 4.18. The van der Waals surface area contributed by atoms with Gasteiger partial charge >= 0.3 is 0 Å². The summed E-state index contributed by atoms with van der Waals surface area (Å²) in [6, 6.07) is 15.6. The summed E-state index contributed by atoms with van der Waals surface area (Å²) >= 11 is 1.30. The molecule has 1 heterocycles. The van der Waals surface area contributed by atoms with E-state index < -0.39 is 5.25 Å². The average molecular weight is 367 g/mol. The second kappa shape index (κ2) is 8.19. The minimum Gasteiger partial charge on any atom is -0.352 e. The smallest absolute Gasteiger partial charge is 0.240 e. The Kier molecular flexibility index (Phi) is 5.73. The number of amidine groups is 1. The van der Waals surface area contributed by atoms with Crippen molar-refractivity contribution >= 4 is 34.4 Å². The molecular weight excluding hydrogens is 346 g/mol. The number of carbonyl (C=O) groups excluding carboxylic acids is 2. The Morgan fingerprint density at radius 2 is 1.92 bits per heavy atom. The van der Waals surface area contributed by atoms with Crippen molar-refractivity contribution in [1.82, 2.24) is 10.6 Å². The van der Waals surface area contributed by atoms with E-state index in [0.717, 1.165) is 16.8 Å². The number of hydrogen-bond acceptors (Lipinski definition) is 4. The quantitative estimate of drug-likeness (QED) is 0.852. The summed E-state index contributed by atoms with van der Waals surface area (Å²) in [5.74, 6) is -0.318. The highest BCUT2D eigenvalue weighted by atomic mass is 32.2. The summed E-state index contributed by atoms with van der Waals surface area (Å²) in [6.07, 6.45) is 0.134. The molecule has 2 N–H and O–H groups in total. The van der Waals surface area contributed by atoms with Gasteiger partial charge in [-0.2, -0.15) is 0 Å². The predicted molar refractivity (Wildman–Crippen MR) is 105 cm³/mol. The molecular formula is C20H21N3O2S. The molecule has 26 heavy (non-hydrogen) atoms. The molecule has 2 amide bonds. The van der Waals surface area contributed by atoms with E-state index in [2.05, 4.69) is 15.6 Å². The summed E-state index contributed by atoms with van der Waals surface area (Å²) in [5, 5.41) is 5.70. The van der Waals surface area contributed by atoms with Gasteiger partial charge in [0.2, 0.25) is 11.8 Å². The third kappa shape index (κ3) is 4.73. The van der Waals surface area contributed by atoms with Crippen molar-refractivity contribution in [2.45, 2.75) is 32.1 Å². The molecule has 1 aliphatic heterocycles. The van der Waals surface area contributed by atoms with E-state index in [1.807, 2.05) is 62.4 Å². The van der Waals surface area contributed by atoms with Crippen molar-refractivity contribution in [3.8, 4) is 0 Å². The fourth-order valence-electron chi connectivity index (χ4n) is 2.54. The highest BCUT2D eigenvalue weighted by molar-refractivity contribution is 8.15. The van der Waals surface area contributed by atoms with Gasteiger partial charge in [-0.25, -0.2) is 4.99 Å². The molecule has 0 unspecified atom stereocenters. The fourth-order valence-corrected chi connectivity index (χ4v) is 3.53. The molecule has 0 radical (unpaired) electrons. The largest absolute Gasteiger partial charge is 0.352 e. The topological polar surface area (TPSA) is 70.6 Å². The van der Waals surface area contributed by atoms with E-state index in [9.17, 15) is 9.59 Å². The lowest BCUT2D eigenvalue weighted by molar-refractivity contribution is -0.125. The monoisotopic (exact) mass is 367 g/mol. The number of thioether (sulfide) groups is 1. The van der Waals surface area contributed by atoms with E-state index in [0.29, 0.717) is 11.7 Å². The van der Waals surface area contributed by atoms with Crippen LogP contribution < -0.4 is 10.6 Å². The maximum Gasteiger partial charge on any atom is 0.240 e. The lowest BCUT2D eigenvalue weighted by Crippen LogP contribution is -2.31. The Bertz CT molecular complexity index is 849. The molecule has 1 aliphatic rings. The lowest BCUT2D eigenvalue weighted by atomic mass is 10.1. The van der Waals surface area contributed by atoms with Crippen LogP contribution in [-0.4, -0.2) is 22.2 Å². The Labute approximate surface area is 157 Å². The van der Waals surface area contributed by atoms with Crippen molar-refractivity contribution in [3.63, 3.8) is 0 Å². The average Bonchev–Trinajstić information content (AvgIpc) is 2.96. The number of rotatable bonds is 5. The summed E-state index contributed by atoms with van der Waals surface area (Å²) in [6.45, 7) is 4.53. The molecule has 6 heteroatoms. The first-order chi connectivity index (χ1) is 12.5. The number of nitrogens with one attached hydrogen (secondary N) is 2. The molecule has 2 aromatic rings. The van der Waals surface area contributed by atoms with Gasteiger partial charge in [-0.05, 0) is 42.7 Å². The highest BCUT2D eigenvalue weighted by Crippen LogP contribution is 2.26. The molecule has 0 spiro atoms. The minimum atomic E-state index is -0.448. The molecule has 0 aromatic heterocycles. The van der Waals surface area contributed by atoms with Crippen molar-refractivity contribution in [1.29, 1.82) is 0 Å². The second-order valence-electron chi connectivity index (χ2n) is 6.25. The molecule has 0 aliphatic carbocycles. The van der Waals surface area contributed by atoms with Gasteiger partial charge in [0.15, 0.2) is 5.17 Å². The standard InChI is InChI=1S/C20H21N3O2S/c1-13-8-9-16(10-14(13)2)22-20-23-19(25)17(26-20)11-18(24)21-12-15-6-4-3-5-7-15/h3-10,17H,11-12H2,1-2H3,(H,21,24)(H,22,23,25)/t17-/m1/s1. The predicted octanol–water partition coefficient (Wildman–Crippen LogP) is 3.23. The first kappa shape index (κ1) is 18.2. The first-order valence-corrected chi connectivity index (χ1v) is 9.33. The molecule has 2 aromatic carbocycles. The molecule has 134 valence electrons. The second-order valence-corrected chi connectivity index (χ2v) is 7.44. The third-order valence-corrected chi connectivity index (χ3v) is 5.28. The molecule has 3 rings (SSSR count). The number of nitrogens with zero attached hydrogens (tertiary/aromatic N) is 1. The molecule has 1 fully saturated rings. The fraction of sp³-hybridized carbons (Fsp3) is 0.250. The van der Waals surface area contributed by atoms with Crippen molar-refractivity contribution in [2.75, 3.05) is 0 Å². The SMILES string of the molecule is Cc1ccc(N=C2NC(=O)[C@@H](CC(=O)NCc3ccccc3)S2)cc1C. The van der Waals surface area contributed by atoms with Crippen LogP contribution in [0.3, 0.4) is 0 Å². The van der Waals surface area contributed by atoms with Crippen LogP contribution in [0.1, 0.15) is 23.1 Å². The minimum absolute atomic E-state index is 0.134. The zero-order valence-electron chi connectivity index (χ0n) is 14.8. The third-order valence-electron chi connectivity index (χ3n) is 4.20. The number of aryl methyl sites for hydroxylation is 2. The molecule has 1 saturated heterocycles. The van der Waals surface area contributed by atoms with Gasteiger partial charge in [0.05, 0.1) is 5.69 Å². The Balaban J connectivity index is 1.56. The number of amides is 2. The van der Waals surface area contributed by atoms with E-state index in [1.54, 1.807) is 0 Å². The molecule has 0 saturated carbocycles. The van der Waals surface area contributed by atoms with Crippen LogP contribution >= 0.6 is 11.8 Å². The summed E-state index contributed by atoms with van der Waals surface area (Å²) < 4.78 is 0. The number of aliphatic imine (C=N–C) groups is 1. The maximum atomic E-state index is 12.1. The van der Waals surface area contributed by atoms with Gasteiger partial charge in [0, 0.05) is 13.0 Å². The van der Waals surface area contributed by atoms with E-state index in [-0.39, 0.29) is 18.2 Å². The maximum absolute atomic E-state index is 12.1. The van der Waals surface area contributed by atoms with Gasteiger partial charge in [-0.15, -0.1) is 0 Å². The normalized spacial score (nSPS) is 18.0. The van der Waals surface area contributed by atoms with Crippen LogP contribution in [-0.2, 0) is 16.1 Å². The number of hydrogen-bond donors (Lipinski definition) is 2. The van der Waals surface area contributed by atoms with Gasteiger partial charge in [-0.3, -0.25) is 9.59 Å². The van der Waals surface area contributed by atoms with Crippen LogP contribution in [0, 0.1) is 13.8 Å². The number of carbonyl (C=O) groups is 2. The van der Waals surface area contributed by atoms with Gasteiger partial charge in [0.1, 0.15) is 5.25 Å². The zero-order valence-corrected chi connectivity index (χ0v) is 15.6. The van der Waals surface area contributed by atoms with Crippen LogP contribution in [0.15, 0.2) is 53.5 Å². The van der Waals surface area contributed by atoms with Crippen LogP contribution in [0.2, 0.25) is 0 Å². The molecule has 0 bridgehead atoms.